The van der Waals surface area contributed by atoms with Crippen LogP contribution >= 0.6 is 0 Å². The highest BCUT2D eigenvalue weighted by Gasteiger charge is 2.23. The first kappa shape index (κ1) is 12.5. The van der Waals surface area contributed by atoms with Crippen LogP contribution in [0.15, 0.2) is 29.5 Å². The van der Waals surface area contributed by atoms with Gasteiger partial charge in [-0.05, 0) is 31.7 Å². The Kier molecular flexibility index (Phi) is 2.78. The van der Waals surface area contributed by atoms with Crippen LogP contribution in [0.4, 0.5) is 0 Å². The largest absolute Gasteiger partial charge is 0.346 e. The molecule has 3 N–H and O–H groups in total. The zero-order chi connectivity index (χ0) is 14.4. The minimum Gasteiger partial charge on any atom is -0.346 e. The number of nitrogens with two attached hydrogens (primary N) is 1. The van der Waals surface area contributed by atoms with Gasteiger partial charge in [0, 0.05) is 23.7 Å². The number of pyridine rings is 1. The Morgan fingerprint density at radius 2 is 2.00 bits per heavy atom. The Hall–Kier alpha value is -2.21. The highest BCUT2D eigenvalue weighted by atomic mass is 16.1. The average Bonchev–Trinajstić information content (AvgIpc) is 2.97. The third-order valence-corrected chi connectivity index (χ3v) is 4.44. The number of aromatic nitrogens is 4. The van der Waals surface area contributed by atoms with E-state index in [1.807, 2.05) is 16.8 Å². The van der Waals surface area contributed by atoms with E-state index in [1.54, 1.807) is 6.20 Å². The van der Waals surface area contributed by atoms with Crippen molar-refractivity contribution in [1.29, 1.82) is 0 Å². The van der Waals surface area contributed by atoms with Crippen molar-refractivity contribution in [3.8, 4) is 0 Å². The lowest BCUT2D eigenvalue weighted by Crippen LogP contribution is -2.32. The molecule has 1 aliphatic carbocycles. The van der Waals surface area contributed by atoms with Crippen LogP contribution in [-0.4, -0.2) is 25.6 Å². The van der Waals surface area contributed by atoms with Gasteiger partial charge in [0.1, 0.15) is 11.2 Å². The fraction of sp³-hybridized carbons (Fsp3) is 0.400. The molecule has 0 unspecified atom stereocenters. The highest BCUT2D eigenvalue weighted by molar-refractivity contribution is 6.00. The predicted octanol–water partition coefficient (Wildman–Crippen LogP) is 1.72. The highest BCUT2D eigenvalue weighted by Crippen LogP contribution is 2.30. The summed E-state index contributed by atoms with van der Waals surface area (Å²) in [5.41, 5.74) is 8.37. The summed E-state index contributed by atoms with van der Waals surface area (Å²) in [6.07, 6.45) is 8.76. The minimum atomic E-state index is -0.0447. The van der Waals surface area contributed by atoms with Crippen molar-refractivity contribution in [3.63, 3.8) is 0 Å². The van der Waals surface area contributed by atoms with Gasteiger partial charge in [-0.25, -0.2) is 9.97 Å². The quantitative estimate of drug-likeness (QED) is 0.711. The predicted molar refractivity (Wildman–Crippen MR) is 81.1 cm³/mol. The van der Waals surface area contributed by atoms with Crippen LogP contribution < -0.4 is 11.3 Å². The second-order valence-corrected chi connectivity index (χ2v) is 5.77. The molecule has 0 radical (unpaired) electrons. The lowest BCUT2D eigenvalue weighted by Gasteiger charge is -2.28. The Morgan fingerprint density at radius 1 is 1.19 bits per heavy atom. The van der Waals surface area contributed by atoms with Gasteiger partial charge in [0.25, 0.3) is 5.56 Å². The molecule has 0 bridgehead atoms. The van der Waals surface area contributed by atoms with Crippen molar-refractivity contribution in [3.05, 3.63) is 35.0 Å². The van der Waals surface area contributed by atoms with E-state index >= 15 is 0 Å². The number of nitrogens with zero attached hydrogens (tertiary/aromatic N) is 3. The average molecular weight is 283 g/mol. The smallest absolute Gasteiger partial charge is 0.269 e. The molecule has 0 amide bonds. The summed E-state index contributed by atoms with van der Waals surface area (Å²) in [6.45, 7) is 0. The molecule has 4 rings (SSSR count). The molecule has 108 valence electrons. The van der Waals surface area contributed by atoms with Gasteiger partial charge in [0.15, 0.2) is 0 Å². The molecule has 0 aliphatic heterocycles. The molecule has 1 aliphatic rings. The molecule has 6 nitrogen and oxygen atoms in total. The van der Waals surface area contributed by atoms with Gasteiger partial charge in [0.05, 0.1) is 17.9 Å². The second kappa shape index (κ2) is 4.66. The zero-order valence-electron chi connectivity index (χ0n) is 11.6. The molecule has 3 heterocycles. The van der Waals surface area contributed by atoms with Gasteiger partial charge < -0.3 is 15.3 Å². The fourth-order valence-electron chi connectivity index (χ4n) is 3.35. The van der Waals surface area contributed by atoms with E-state index in [9.17, 15) is 4.79 Å². The summed E-state index contributed by atoms with van der Waals surface area (Å²) < 4.78 is 1.89. The van der Waals surface area contributed by atoms with E-state index in [1.165, 1.54) is 6.20 Å². The molecule has 21 heavy (non-hydrogen) atoms. The number of aromatic amines is 1. The van der Waals surface area contributed by atoms with E-state index in [-0.39, 0.29) is 17.6 Å². The number of nitrogens with one attached hydrogen (secondary N) is 1. The lowest BCUT2D eigenvalue weighted by molar-refractivity contribution is 0.324. The van der Waals surface area contributed by atoms with Crippen LogP contribution in [0.25, 0.3) is 22.1 Å². The maximum absolute atomic E-state index is 12.4. The van der Waals surface area contributed by atoms with E-state index in [4.69, 9.17) is 5.73 Å². The van der Waals surface area contributed by atoms with Crippen LogP contribution in [-0.2, 0) is 0 Å². The summed E-state index contributed by atoms with van der Waals surface area (Å²) in [5.74, 6) is 0. The standard InChI is InChI=1S/C15H17N5O/c16-9-1-3-10(4-2-9)20-13(21)8-18-12-7-19-15-11(14(12)20)5-6-17-15/h5-10H,1-4,16H2,(H,17,19). The number of fused-ring (bicyclic) bond motifs is 3. The van der Waals surface area contributed by atoms with Gasteiger partial charge in [-0.15, -0.1) is 0 Å². The topological polar surface area (TPSA) is 89.6 Å². The van der Waals surface area contributed by atoms with Crippen molar-refractivity contribution in [2.45, 2.75) is 37.8 Å². The second-order valence-electron chi connectivity index (χ2n) is 5.77. The molecule has 0 spiro atoms. The number of H-pyrrole nitrogens is 1. The molecule has 1 fully saturated rings. The maximum Gasteiger partial charge on any atom is 0.269 e. The van der Waals surface area contributed by atoms with Crippen molar-refractivity contribution >= 4 is 22.1 Å². The summed E-state index contributed by atoms with van der Waals surface area (Å²) >= 11 is 0. The summed E-state index contributed by atoms with van der Waals surface area (Å²) in [6, 6.07) is 2.42. The molecule has 0 saturated heterocycles. The summed E-state index contributed by atoms with van der Waals surface area (Å²) in [4.78, 5) is 24.1. The van der Waals surface area contributed by atoms with Gasteiger partial charge in [-0.3, -0.25) is 4.79 Å². The van der Waals surface area contributed by atoms with Gasteiger partial charge in [-0.2, -0.15) is 0 Å². The van der Waals surface area contributed by atoms with Crippen LogP contribution in [0.1, 0.15) is 31.7 Å². The number of hydrogen-bond acceptors (Lipinski definition) is 4. The van der Waals surface area contributed by atoms with Gasteiger partial charge in [-0.1, -0.05) is 0 Å². The van der Waals surface area contributed by atoms with Crippen molar-refractivity contribution in [1.82, 2.24) is 19.5 Å². The van der Waals surface area contributed by atoms with Crippen molar-refractivity contribution < 1.29 is 0 Å². The molecule has 1 saturated carbocycles. The molecule has 3 aromatic rings. The maximum atomic E-state index is 12.4. The van der Waals surface area contributed by atoms with E-state index < -0.39 is 0 Å². The van der Waals surface area contributed by atoms with Crippen LogP contribution in [0.3, 0.4) is 0 Å². The van der Waals surface area contributed by atoms with Crippen LogP contribution in [0.2, 0.25) is 0 Å². The first-order chi connectivity index (χ1) is 10.2. The number of rotatable bonds is 1. The molecular weight excluding hydrogens is 266 g/mol. The third kappa shape index (κ3) is 1.94. The Balaban J connectivity index is 2.00. The monoisotopic (exact) mass is 283 g/mol. The van der Waals surface area contributed by atoms with Gasteiger partial charge >= 0.3 is 0 Å². The first-order valence-corrected chi connectivity index (χ1v) is 7.33. The Bertz CT molecular complexity index is 857. The van der Waals surface area contributed by atoms with E-state index in [0.717, 1.165) is 47.8 Å². The van der Waals surface area contributed by atoms with E-state index in [2.05, 4.69) is 15.0 Å². The Morgan fingerprint density at radius 3 is 2.81 bits per heavy atom. The van der Waals surface area contributed by atoms with E-state index in [0.29, 0.717) is 0 Å². The minimum absolute atomic E-state index is 0.0447. The molecule has 0 atom stereocenters. The lowest BCUT2D eigenvalue weighted by atomic mass is 9.91. The van der Waals surface area contributed by atoms with Crippen LogP contribution in [0.5, 0.6) is 0 Å². The fourth-order valence-corrected chi connectivity index (χ4v) is 3.35. The summed E-state index contributed by atoms with van der Waals surface area (Å²) in [5, 5.41) is 0.951. The summed E-state index contributed by atoms with van der Waals surface area (Å²) in [7, 11) is 0. The molecule has 3 aromatic heterocycles. The Labute approximate surface area is 121 Å². The van der Waals surface area contributed by atoms with Crippen molar-refractivity contribution in [2.75, 3.05) is 0 Å². The van der Waals surface area contributed by atoms with Crippen molar-refractivity contribution in [2.24, 2.45) is 5.73 Å². The SMILES string of the molecule is NC1CCC(n2c(=O)cnc3cnc4[nH]ccc4c32)CC1. The molecule has 0 aromatic carbocycles. The van der Waals surface area contributed by atoms with Crippen LogP contribution in [0, 0.1) is 0 Å². The molecule has 6 heteroatoms. The first-order valence-electron chi connectivity index (χ1n) is 7.33. The third-order valence-electron chi connectivity index (χ3n) is 4.44. The zero-order valence-corrected chi connectivity index (χ0v) is 11.6. The molecular formula is C15H17N5O. The van der Waals surface area contributed by atoms with Gasteiger partial charge in [0.2, 0.25) is 0 Å². The normalized spacial score (nSPS) is 22.9. The number of hydrogen-bond donors (Lipinski definition) is 2.